The minimum atomic E-state index is 0.683. The number of oxazole rings is 1. The van der Waals surface area contributed by atoms with E-state index in [9.17, 15) is 0 Å². The van der Waals surface area contributed by atoms with Gasteiger partial charge in [-0.2, -0.15) is 0 Å². The Bertz CT molecular complexity index is 992. The van der Waals surface area contributed by atoms with Crippen LogP contribution in [0.1, 0.15) is 18.4 Å². The first-order valence-electron chi connectivity index (χ1n) is 8.23. The second-order valence-corrected chi connectivity index (χ2v) is 7.46. The molecule has 4 heterocycles. The van der Waals surface area contributed by atoms with Crippen molar-refractivity contribution in [2.24, 2.45) is 0 Å². The number of nitrogens with zero attached hydrogens (tertiary/aromatic N) is 5. The van der Waals surface area contributed by atoms with Crippen molar-refractivity contribution in [3.8, 4) is 22.2 Å². The molecule has 6 nitrogen and oxygen atoms in total. The van der Waals surface area contributed by atoms with Crippen LogP contribution in [0, 0.1) is 6.92 Å². The number of hydrogen-bond donors (Lipinski definition) is 0. The monoisotopic (exact) mass is 383 g/mol. The summed E-state index contributed by atoms with van der Waals surface area (Å²) < 4.78 is 7.92. The Labute approximate surface area is 159 Å². The molecule has 0 saturated heterocycles. The molecular weight excluding hydrogens is 366 g/mol. The predicted octanol–water partition coefficient (Wildman–Crippen LogP) is 4.68. The van der Waals surface area contributed by atoms with Gasteiger partial charge < -0.3 is 8.98 Å². The molecule has 0 saturated carbocycles. The molecule has 0 amide bonds. The van der Waals surface area contributed by atoms with E-state index in [0.717, 1.165) is 39.4 Å². The molecule has 26 heavy (non-hydrogen) atoms. The Morgan fingerprint density at radius 3 is 2.77 bits per heavy atom. The van der Waals surface area contributed by atoms with Gasteiger partial charge >= 0.3 is 0 Å². The topological polar surface area (TPSA) is 69.6 Å². The van der Waals surface area contributed by atoms with Crippen LogP contribution in [0.4, 0.5) is 0 Å². The summed E-state index contributed by atoms with van der Waals surface area (Å²) in [5.74, 6) is 3.07. The van der Waals surface area contributed by atoms with Gasteiger partial charge in [-0.25, -0.2) is 4.98 Å². The van der Waals surface area contributed by atoms with Gasteiger partial charge in [-0.15, -0.1) is 21.5 Å². The van der Waals surface area contributed by atoms with E-state index in [1.165, 1.54) is 0 Å². The number of rotatable bonds is 6. The van der Waals surface area contributed by atoms with Crippen molar-refractivity contribution in [1.82, 2.24) is 24.7 Å². The molecule has 0 spiro atoms. The fourth-order valence-corrected chi connectivity index (χ4v) is 4.25. The van der Waals surface area contributed by atoms with E-state index in [0.29, 0.717) is 11.6 Å². The highest BCUT2D eigenvalue weighted by atomic mass is 32.2. The van der Waals surface area contributed by atoms with Gasteiger partial charge in [0.2, 0.25) is 5.89 Å². The van der Waals surface area contributed by atoms with E-state index in [-0.39, 0.29) is 0 Å². The quantitative estimate of drug-likeness (QED) is 0.450. The standard InChI is InChI=1S/C18H17N5OS2/c1-3-23-16(13-6-8-19-9-7-13)21-22-18(23)26-11-14-12(2)24-17(20-14)15-5-4-10-25-15/h4-10H,3,11H2,1-2H3. The molecule has 0 fully saturated rings. The molecular formula is C18H17N5OS2. The van der Waals surface area contributed by atoms with Crippen molar-refractivity contribution in [2.45, 2.75) is 31.3 Å². The van der Waals surface area contributed by atoms with E-state index in [2.05, 4.69) is 31.7 Å². The number of aryl methyl sites for hydroxylation is 1. The summed E-state index contributed by atoms with van der Waals surface area (Å²) in [6, 6.07) is 7.90. The summed E-state index contributed by atoms with van der Waals surface area (Å²) in [5, 5.41) is 11.6. The van der Waals surface area contributed by atoms with E-state index >= 15 is 0 Å². The summed E-state index contributed by atoms with van der Waals surface area (Å²) in [4.78, 5) is 9.75. The normalized spacial score (nSPS) is 11.2. The highest BCUT2D eigenvalue weighted by Gasteiger charge is 2.16. The van der Waals surface area contributed by atoms with Crippen LogP contribution in [-0.2, 0) is 12.3 Å². The van der Waals surface area contributed by atoms with Gasteiger partial charge in [0.1, 0.15) is 5.76 Å². The third-order valence-electron chi connectivity index (χ3n) is 3.93. The Kier molecular flexibility index (Phi) is 4.85. The molecule has 0 atom stereocenters. The van der Waals surface area contributed by atoms with Crippen molar-refractivity contribution in [2.75, 3.05) is 0 Å². The fourth-order valence-electron chi connectivity index (χ4n) is 2.60. The first-order valence-corrected chi connectivity index (χ1v) is 10.1. The largest absolute Gasteiger partial charge is 0.440 e. The molecule has 0 radical (unpaired) electrons. The zero-order valence-electron chi connectivity index (χ0n) is 14.4. The molecule has 0 aliphatic heterocycles. The Morgan fingerprint density at radius 1 is 1.19 bits per heavy atom. The minimum Gasteiger partial charge on any atom is -0.440 e. The summed E-state index contributed by atoms with van der Waals surface area (Å²) >= 11 is 3.24. The zero-order chi connectivity index (χ0) is 17.9. The number of thiophene rings is 1. The molecule has 0 aromatic carbocycles. The lowest BCUT2D eigenvalue weighted by atomic mass is 10.2. The maximum atomic E-state index is 5.81. The van der Waals surface area contributed by atoms with Crippen LogP contribution < -0.4 is 0 Å². The van der Waals surface area contributed by atoms with Crippen molar-refractivity contribution in [3.63, 3.8) is 0 Å². The SMILES string of the molecule is CCn1c(SCc2nc(-c3cccs3)oc2C)nnc1-c1ccncc1. The number of hydrogen-bond acceptors (Lipinski definition) is 7. The summed E-state index contributed by atoms with van der Waals surface area (Å²) in [5.41, 5.74) is 1.95. The molecule has 0 N–H and O–H groups in total. The van der Waals surface area contributed by atoms with Gasteiger partial charge in [0.15, 0.2) is 11.0 Å². The third kappa shape index (κ3) is 3.30. The molecule has 8 heteroatoms. The van der Waals surface area contributed by atoms with Crippen LogP contribution in [0.2, 0.25) is 0 Å². The molecule has 4 aromatic heterocycles. The Morgan fingerprint density at radius 2 is 2.04 bits per heavy atom. The van der Waals surface area contributed by atoms with Crippen molar-refractivity contribution in [1.29, 1.82) is 0 Å². The van der Waals surface area contributed by atoms with E-state index < -0.39 is 0 Å². The number of pyridine rings is 1. The van der Waals surface area contributed by atoms with Crippen molar-refractivity contribution >= 4 is 23.1 Å². The van der Waals surface area contributed by atoms with Gasteiger partial charge in [-0.3, -0.25) is 4.98 Å². The van der Waals surface area contributed by atoms with E-state index in [4.69, 9.17) is 4.42 Å². The number of aromatic nitrogens is 5. The molecule has 0 aliphatic rings. The van der Waals surface area contributed by atoms with Crippen LogP contribution in [0.3, 0.4) is 0 Å². The first kappa shape index (κ1) is 17.0. The average Bonchev–Trinajstić information content (AvgIpc) is 3.40. The zero-order valence-corrected chi connectivity index (χ0v) is 16.0. The van der Waals surface area contributed by atoms with Crippen molar-refractivity contribution < 1.29 is 4.42 Å². The number of thioether (sulfide) groups is 1. The molecule has 4 aromatic rings. The summed E-state index contributed by atoms with van der Waals surface area (Å²) in [7, 11) is 0. The summed E-state index contributed by atoms with van der Waals surface area (Å²) in [6.45, 7) is 4.84. The highest BCUT2D eigenvalue weighted by molar-refractivity contribution is 7.98. The van der Waals surface area contributed by atoms with Gasteiger partial charge in [-0.1, -0.05) is 17.8 Å². The predicted molar refractivity (Wildman–Crippen MR) is 103 cm³/mol. The fraction of sp³-hybridized carbons (Fsp3) is 0.222. The summed E-state index contributed by atoms with van der Waals surface area (Å²) in [6.07, 6.45) is 3.53. The smallest absolute Gasteiger partial charge is 0.236 e. The van der Waals surface area contributed by atoms with Gasteiger partial charge in [0.05, 0.1) is 10.6 Å². The van der Waals surface area contributed by atoms with Crippen molar-refractivity contribution in [3.05, 3.63) is 53.5 Å². The van der Waals surface area contributed by atoms with Gasteiger partial charge in [0, 0.05) is 30.3 Å². The molecule has 0 bridgehead atoms. The lowest BCUT2D eigenvalue weighted by Crippen LogP contribution is -2.00. The first-order chi connectivity index (χ1) is 12.8. The Balaban J connectivity index is 1.55. The van der Waals surface area contributed by atoms with Crippen LogP contribution in [-0.4, -0.2) is 24.7 Å². The third-order valence-corrected chi connectivity index (χ3v) is 5.77. The van der Waals surface area contributed by atoms with Crippen LogP contribution >= 0.6 is 23.1 Å². The minimum absolute atomic E-state index is 0.683. The lowest BCUT2D eigenvalue weighted by Gasteiger charge is -2.06. The van der Waals surface area contributed by atoms with E-state index in [1.807, 2.05) is 36.6 Å². The molecule has 0 aliphatic carbocycles. The maximum absolute atomic E-state index is 5.81. The second-order valence-electron chi connectivity index (χ2n) is 5.57. The molecule has 132 valence electrons. The van der Waals surface area contributed by atoms with Crippen LogP contribution in [0.15, 0.2) is 51.6 Å². The van der Waals surface area contributed by atoms with E-state index in [1.54, 1.807) is 35.5 Å². The highest BCUT2D eigenvalue weighted by Crippen LogP contribution is 2.30. The van der Waals surface area contributed by atoms with Gasteiger partial charge in [0.25, 0.3) is 0 Å². The van der Waals surface area contributed by atoms with Gasteiger partial charge in [-0.05, 0) is 37.4 Å². The Hall–Kier alpha value is -2.45. The second kappa shape index (κ2) is 7.43. The molecule has 0 unspecified atom stereocenters. The average molecular weight is 384 g/mol. The molecule has 4 rings (SSSR count). The van der Waals surface area contributed by atoms with Crippen LogP contribution in [0.5, 0.6) is 0 Å². The maximum Gasteiger partial charge on any atom is 0.236 e. The lowest BCUT2D eigenvalue weighted by molar-refractivity contribution is 0.542. The van der Waals surface area contributed by atoms with Crippen LogP contribution in [0.25, 0.3) is 22.2 Å².